The van der Waals surface area contributed by atoms with E-state index in [0.717, 1.165) is 16.0 Å². The van der Waals surface area contributed by atoms with E-state index in [9.17, 15) is 0 Å². The fourth-order valence-corrected chi connectivity index (χ4v) is 3.15. The van der Waals surface area contributed by atoms with Crippen LogP contribution in [0.25, 0.3) is 0 Å². The summed E-state index contributed by atoms with van der Waals surface area (Å²) in [6.07, 6.45) is 0. The Morgan fingerprint density at radius 3 is 1.80 bits per heavy atom. The van der Waals surface area contributed by atoms with Gasteiger partial charge in [0.1, 0.15) is 0 Å². The fraction of sp³-hybridized carbons (Fsp3) is 0.571. The van der Waals surface area contributed by atoms with Crippen molar-refractivity contribution in [2.75, 3.05) is 11.5 Å². The van der Waals surface area contributed by atoms with Crippen molar-refractivity contribution in [1.82, 2.24) is 0 Å². The lowest BCUT2D eigenvalue weighted by Crippen LogP contribution is -1.60. The van der Waals surface area contributed by atoms with Crippen LogP contribution in [0, 0.1) is 4.51 Å². The van der Waals surface area contributed by atoms with E-state index in [0.29, 0.717) is 0 Å². The van der Waals surface area contributed by atoms with Crippen LogP contribution in [-0.4, -0.2) is 11.5 Å². The van der Waals surface area contributed by atoms with Gasteiger partial charge in [-0.15, -0.1) is 23.5 Å². The van der Waals surface area contributed by atoms with Gasteiger partial charge in [-0.05, 0) is 11.5 Å². The summed E-state index contributed by atoms with van der Waals surface area (Å²) in [5.41, 5.74) is 0. The lowest BCUT2D eigenvalue weighted by molar-refractivity contribution is 1.48. The van der Waals surface area contributed by atoms with Crippen molar-refractivity contribution in [1.29, 1.82) is 0 Å². The highest BCUT2D eigenvalue weighted by atomic mass is 32.2. The van der Waals surface area contributed by atoms with Gasteiger partial charge in [0.15, 0.2) is 0 Å². The Hall–Kier alpha value is 0.530. The molecular weight excluding hydrogens is 180 g/mol. The average molecular weight is 190 g/mol. The second kappa shape index (κ2) is 3.79. The predicted molar refractivity (Wildman–Crippen MR) is 52.4 cm³/mol. The summed E-state index contributed by atoms with van der Waals surface area (Å²) in [6, 6.07) is 0. The smallest absolute Gasteiger partial charge is 0.0672 e. The third kappa shape index (κ3) is 1.77. The Bertz CT molecular complexity index is 199. The van der Waals surface area contributed by atoms with Crippen molar-refractivity contribution < 1.29 is 0 Å². The Balaban J connectivity index is 2.44. The fourth-order valence-electron chi connectivity index (χ4n) is 0.690. The molecule has 1 aromatic rings. The first kappa shape index (κ1) is 8.62. The zero-order valence-electron chi connectivity index (χ0n) is 6.14. The van der Waals surface area contributed by atoms with Crippen molar-refractivity contribution >= 4 is 35.7 Å². The topological polar surface area (TPSA) is 0 Å². The van der Waals surface area contributed by atoms with E-state index in [-0.39, 0.29) is 0 Å². The average Bonchev–Trinajstić information content (AvgIpc) is 2.48. The van der Waals surface area contributed by atoms with E-state index in [2.05, 4.69) is 13.8 Å². The molecule has 0 saturated heterocycles. The first-order valence-electron chi connectivity index (χ1n) is 3.35. The maximum Gasteiger partial charge on any atom is 0.0672 e. The number of thioether (sulfide) groups is 2. The second-order valence-electron chi connectivity index (χ2n) is 1.85. The summed E-state index contributed by atoms with van der Waals surface area (Å²) in [4.78, 5) is 2.76. The van der Waals surface area contributed by atoms with Crippen LogP contribution in [0.3, 0.4) is 0 Å². The van der Waals surface area contributed by atoms with E-state index < -0.39 is 0 Å². The largest absolute Gasteiger partial charge is 0.124 e. The van der Waals surface area contributed by atoms with Crippen molar-refractivity contribution in [2.45, 2.75) is 23.6 Å². The lowest BCUT2D eigenvalue weighted by atomic mass is 11.0. The molecule has 0 aromatic heterocycles. The predicted octanol–water partition coefficient (Wildman–Crippen LogP) is 3.52. The summed E-state index contributed by atoms with van der Waals surface area (Å²) in [7, 11) is 0. The summed E-state index contributed by atoms with van der Waals surface area (Å²) in [5, 5.41) is 0. The molecule has 0 atom stereocenters. The highest BCUT2D eigenvalue weighted by Gasteiger charge is 2.16. The highest BCUT2D eigenvalue weighted by Crippen LogP contribution is 2.42. The van der Waals surface area contributed by atoms with E-state index in [4.69, 9.17) is 12.2 Å². The van der Waals surface area contributed by atoms with Gasteiger partial charge in [-0.3, -0.25) is 0 Å². The van der Waals surface area contributed by atoms with Gasteiger partial charge in [-0.2, -0.15) is 0 Å². The van der Waals surface area contributed by atoms with Crippen LogP contribution in [0.1, 0.15) is 13.8 Å². The Kier molecular flexibility index (Phi) is 3.27. The molecule has 0 heterocycles. The minimum Gasteiger partial charge on any atom is -0.124 e. The Morgan fingerprint density at radius 2 is 1.50 bits per heavy atom. The van der Waals surface area contributed by atoms with E-state index in [1.165, 1.54) is 9.79 Å². The van der Waals surface area contributed by atoms with Gasteiger partial charge in [0.05, 0.1) is 4.51 Å². The normalized spacial score (nSPS) is 11.0. The molecule has 10 heavy (non-hydrogen) atoms. The summed E-state index contributed by atoms with van der Waals surface area (Å²) >= 11 is 8.85. The van der Waals surface area contributed by atoms with Crippen molar-refractivity contribution in [3.8, 4) is 0 Å². The van der Waals surface area contributed by atoms with Crippen LogP contribution in [0.5, 0.6) is 0 Å². The minimum absolute atomic E-state index is 1.12. The molecule has 0 radical (unpaired) electrons. The molecule has 0 spiro atoms. The Labute approximate surface area is 75.5 Å². The first-order chi connectivity index (χ1) is 4.81. The van der Waals surface area contributed by atoms with Crippen molar-refractivity contribution in [3.05, 3.63) is 4.51 Å². The lowest BCUT2D eigenvalue weighted by Gasteiger charge is -1.84. The molecule has 1 rings (SSSR count). The number of rotatable bonds is 4. The van der Waals surface area contributed by atoms with Crippen LogP contribution in [-0.2, 0) is 0 Å². The van der Waals surface area contributed by atoms with Crippen molar-refractivity contribution in [3.63, 3.8) is 0 Å². The summed E-state index contributed by atoms with van der Waals surface area (Å²) < 4.78 is 1.12. The van der Waals surface area contributed by atoms with E-state index in [1.54, 1.807) is 0 Å². The molecule has 0 aliphatic heterocycles. The molecule has 0 N–H and O–H groups in total. The molecule has 0 unspecified atom stereocenters. The summed E-state index contributed by atoms with van der Waals surface area (Å²) in [6.45, 7) is 4.32. The van der Waals surface area contributed by atoms with Gasteiger partial charge in [0.2, 0.25) is 0 Å². The second-order valence-corrected chi connectivity index (χ2v) is 4.81. The van der Waals surface area contributed by atoms with Crippen molar-refractivity contribution in [2.24, 2.45) is 0 Å². The molecule has 56 valence electrons. The molecule has 1 aromatic carbocycles. The standard InChI is InChI=1S/C7H10S3/c1-3-9-6-5(8)7(6)10-4-2/h3-4H2,1-2H3. The van der Waals surface area contributed by atoms with Gasteiger partial charge < -0.3 is 0 Å². The molecule has 3 heteroatoms. The van der Waals surface area contributed by atoms with Crippen LogP contribution in [0.4, 0.5) is 0 Å². The van der Waals surface area contributed by atoms with E-state index >= 15 is 0 Å². The van der Waals surface area contributed by atoms with Crippen LogP contribution in [0.2, 0.25) is 0 Å². The van der Waals surface area contributed by atoms with Gasteiger partial charge in [-0.1, -0.05) is 26.1 Å². The molecular formula is C7H10S3. The molecule has 0 amide bonds. The highest BCUT2D eigenvalue weighted by molar-refractivity contribution is 8.03. The molecule has 0 aliphatic carbocycles. The zero-order chi connectivity index (χ0) is 7.56. The molecule has 0 saturated carbocycles. The maximum atomic E-state index is 5.11. The quantitative estimate of drug-likeness (QED) is 0.527. The number of hydrogen-bond acceptors (Lipinski definition) is 3. The minimum atomic E-state index is 1.12. The third-order valence-electron chi connectivity index (χ3n) is 1.13. The molecule has 0 fully saturated rings. The summed E-state index contributed by atoms with van der Waals surface area (Å²) in [5.74, 6) is 2.28. The zero-order valence-corrected chi connectivity index (χ0v) is 8.59. The van der Waals surface area contributed by atoms with Gasteiger partial charge in [-0.25, -0.2) is 0 Å². The molecule has 0 nitrogen and oxygen atoms in total. The Morgan fingerprint density at radius 1 is 1.10 bits per heavy atom. The third-order valence-corrected chi connectivity index (χ3v) is 3.90. The van der Waals surface area contributed by atoms with E-state index in [1.807, 2.05) is 23.5 Å². The SMILES string of the molecule is CCSc1c(SCC)c1=S. The van der Waals surface area contributed by atoms with Gasteiger partial charge in [0, 0.05) is 9.79 Å². The molecule has 0 aliphatic rings. The van der Waals surface area contributed by atoms with Crippen LogP contribution < -0.4 is 0 Å². The van der Waals surface area contributed by atoms with Crippen LogP contribution >= 0.6 is 35.7 Å². The maximum absolute atomic E-state index is 5.11. The van der Waals surface area contributed by atoms with Crippen LogP contribution in [0.15, 0.2) is 9.79 Å². The monoisotopic (exact) mass is 190 g/mol. The van der Waals surface area contributed by atoms with Gasteiger partial charge in [0.25, 0.3) is 0 Å². The molecule has 0 bridgehead atoms. The van der Waals surface area contributed by atoms with Gasteiger partial charge >= 0.3 is 0 Å². The number of hydrogen-bond donors (Lipinski definition) is 0. The first-order valence-corrected chi connectivity index (χ1v) is 5.73.